The second-order valence-corrected chi connectivity index (χ2v) is 9.40. The zero-order valence-corrected chi connectivity index (χ0v) is 21.1. The maximum Gasteiger partial charge on any atom is 0.282 e. The fourth-order valence-electron chi connectivity index (χ4n) is 4.44. The van der Waals surface area contributed by atoms with Gasteiger partial charge in [-0.2, -0.15) is 9.78 Å². The summed E-state index contributed by atoms with van der Waals surface area (Å²) >= 11 is 3.50. The van der Waals surface area contributed by atoms with Crippen molar-refractivity contribution in [2.24, 2.45) is 5.10 Å². The Kier molecular flexibility index (Phi) is 5.38. The number of hydrogen-bond acceptors (Lipinski definition) is 5. The van der Waals surface area contributed by atoms with E-state index in [4.69, 9.17) is 9.40 Å². The van der Waals surface area contributed by atoms with Crippen LogP contribution in [0.4, 0.5) is 0 Å². The fourth-order valence-corrected chi connectivity index (χ4v) is 4.82. The number of rotatable bonds is 4. The normalized spacial score (nSPS) is 11.8. The molecule has 0 aliphatic heterocycles. The van der Waals surface area contributed by atoms with Gasteiger partial charge in [0.05, 0.1) is 29.0 Å². The number of hydrogen-bond donors (Lipinski definition) is 0. The van der Waals surface area contributed by atoms with Gasteiger partial charge in [0.25, 0.3) is 5.56 Å². The van der Waals surface area contributed by atoms with Crippen molar-refractivity contribution in [2.75, 3.05) is 0 Å². The van der Waals surface area contributed by atoms with Gasteiger partial charge in [0, 0.05) is 33.0 Å². The summed E-state index contributed by atoms with van der Waals surface area (Å²) in [7, 11) is 0. The van der Waals surface area contributed by atoms with E-state index in [0.29, 0.717) is 28.1 Å². The Morgan fingerprint density at radius 1 is 1.03 bits per heavy atom. The number of nitrogens with zero attached hydrogens (tertiary/aromatic N) is 5. The second-order valence-electron chi connectivity index (χ2n) is 8.48. The van der Waals surface area contributed by atoms with Gasteiger partial charge in [0.2, 0.25) is 5.82 Å². The van der Waals surface area contributed by atoms with Gasteiger partial charge in [-0.05, 0) is 68.4 Å². The highest BCUT2D eigenvalue weighted by Gasteiger charge is 2.17. The van der Waals surface area contributed by atoms with Gasteiger partial charge in [0.15, 0.2) is 5.76 Å². The first kappa shape index (κ1) is 22.2. The molecule has 2 aromatic carbocycles. The molecule has 0 unspecified atom stereocenters. The molecular formula is C28H20BrN5O2. The lowest BCUT2D eigenvalue weighted by atomic mass is 10.2. The summed E-state index contributed by atoms with van der Waals surface area (Å²) < 4.78 is 10.4. The molecule has 6 aromatic rings. The number of fused-ring (bicyclic) bond motifs is 2. The average Bonchev–Trinajstić information content (AvgIpc) is 3.43. The Bertz CT molecular complexity index is 1850. The van der Waals surface area contributed by atoms with Crippen molar-refractivity contribution in [1.29, 1.82) is 0 Å². The molecule has 0 amide bonds. The maximum atomic E-state index is 13.5. The predicted octanol–water partition coefficient (Wildman–Crippen LogP) is 6.26. The van der Waals surface area contributed by atoms with Crippen LogP contribution in [0.5, 0.6) is 0 Å². The van der Waals surface area contributed by atoms with Gasteiger partial charge in [-0.15, -0.1) is 0 Å². The molecule has 7 nitrogen and oxygen atoms in total. The highest BCUT2D eigenvalue weighted by molar-refractivity contribution is 9.10. The quantitative estimate of drug-likeness (QED) is 0.249. The van der Waals surface area contributed by atoms with Gasteiger partial charge in [-0.1, -0.05) is 28.1 Å². The Hall–Kier alpha value is -4.30. The van der Waals surface area contributed by atoms with Crippen LogP contribution in [0, 0.1) is 13.8 Å². The number of para-hydroxylation sites is 1. The first-order valence-electron chi connectivity index (χ1n) is 11.3. The van der Waals surface area contributed by atoms with E-state index < -0.39 is 0 Å². The third-order valence-corrected chi connectivity index (χ3v) is 6.63. The zero-order chi connectivity index (χ0) is 24.8. The van der Waals surface area contributed by atoms with Gasteiger partial charge in [-0.25, -0.2) is 4.98 Å². The van der Waals surface area contributed by atoms with Crippen LogP contribution in [0.15, 0.2) is 97.9 Å². The summed E-state index contributed by atoms with van der Waals surface area (Å²) in [5.41, 5.74) is 4.89. The Morgan fingerprint density at radius 2 is 1.89 bits per heavy atom. The van der Waals surface area contributed by atoms with E-state index in [1.807, 2.05) is 80.7 Å². The van der Waals surface area contributed by atoms with E-state index in [2.05, 4.69) is 30.6 Å². The summed E-state index contributed by atoms with van der Waals surface area (Å²) in [5, 5.41) is 6.00. The predicted molar refractivity (Wildman–Crippen MR) is 145 cm³/mol. The number of aryl methyl sites for hydroxylation is 1. The largest absolute Gasteiger partial charge is 0.453 e. The maximum absolute atomic E-state index is 13.5. The summed E-state index contributed by atoms with van der Waals surface area (Å²) in [6.45, 7) is 4.04. The highest BCUT2D eigenvalue weighted by atomic mass is 79.9. The molecule has 0 aliphatic carbocycles. The van der Waals surface area contributed by atoms with Crippen molar-refractivity contribution in [3.8, 4) is 17.3 Å². The van der Waals surface area contributed by atoms with Gasteiger partial charge in [-0.3, -0.25) is 9.78 Å². The lowest BCUT2D eigenvalue weighted by molar-refractivity contribution is 0.616. The molecule has 0 saturated heterocycles. The third kappa shape index (κ3) is 3.76. The molecular weight excluding hydrogens is 518 g/mol. The van der Waals surface area contributed by atoms with E-state index in [0.717, 1.165) is 32.5 Å². The molecule has 0 atom stereocenters. The van der Waals surface area contributed by atoms with E-state index in [-0.39, 0.29) is 5.56 Å². The molecule has 0 spiro atoms. The van der Waals surface area contributed by atoms with E-state index in [1.165, 1.54) is 4.68 Å². The van der Waals surface area contributed by atoms with Crippen LogP contribution in [0.25, 0.3) is 39.1 Å². The number of furan rings is 1. The fraction of sp³-hybridized carbons (Fsp3) is 0.0714. The standard InChI is InChI=1S/C28H20BrN5O2/c1-17-12-20(18(2)33(17)22-6-5-11-30-16-22)15-31-34-27(32-24-8-4-3-7-23(24)28(34)35)26-14-19-13-21(29)9-10-25(19)36-26/h3-16H,1-2H3. The SMILES string of the molecule is Cc1cc(C=Nn2c(-c3cc4cc(Br)ccc4o3)nc3ccccc3c2=O)c(C)n1-c1cccnc1. The van der Waals surface area contributed by atoms with Crippen molar-refractivity contribution in [3.63, 3.8) is 0 Å². The van der Waals surface area contributed by atoms with Crippen molar-refractivity contribution in [2.45, 2.75) is 13.8 Å². The molecule has 8 heteroatoms. The number of aromatic nitrogens is 4. The summed E-state index contributed by atoms with van der Waals surface area (Å²) in [6.07, 6.45) is 5.25. The van der Waals surface area contributed by atoms with Crippen LogP contribution < -0.4 is 5.56 Å². The van der Waals surface area contributed by atoms with Gasteiger partial charge < -0.3 is 8.98 Å². The van der Waals surface area contributed by atoms with E-state index in [9.17, 15) is 4.79 Å². The first-order valence-corrected chi connectivity index (χ1v) is 12.1. The first-order chi connectivity index (χ1) is 17.5. The van der Waals surface area contributed by atoms with E-state index >= 15 is 0 Å². The smallest absolute Gasteiger partial charge is 0.282 e. The summed E-state index contributed by atoms with van der Waals surface area (Å²) in [6, 6.07) is 20.8. The second kappa shape index (κ2) is 8.73. The summed E-state index contributed by atoms with van der Waals surface area (Å²) in [5.74, 6) is 0.798. The molecule has 4 heterocycles. The Labute approximate surface area is 214 Å². The van der Waals surface area contributed by atoms with E-state index in [1.54, 1.807) is 18.5 Å². The minimum absolute atomic E-state index is 0.269. The molecule has 0 bridgehead atoms. The number of halogens is 1. The Balaban J connectivity index is 1.53. The number of pyridine rings is 1. The van der Waals surface area contributed by atoms with Crippen LogP contribution in [0.2, 0.25) is 0 Å². The highest BCUT2D eigenvalue weighted by Crippen LogP contribution is 2.29. The van der Waals surface area contributed by atoms with Crippen molar-refractivity contribution in [3.05, 3.63) is 111 Å². The van der Waals surface area contributed by atoms with Crippen molar-refractivity contribution in [1.82, 2.24) is 19.2 Å². The molecule has 4 aromatic heterocycles. The van der Waals surface area contributed by atoms with Crippen LogP contribution in [0.3, 0.4) is 0 Å². The minimum atomic E-state index is -0.269. The lowest BCUT2D eigenvalue weighted by Gasteiger charge is -2.09. The van der Waals surface area contributed by atoms with Crippen LogP contribution in [-0.4, -0.2) is 25.4 Å². The van der Waals surface area contributed by atoms with Crippen molar-refractivity contribution >= 4 is 44.0 Å². The van der Waals surface area contributed by atoms with Crippen LogP contribution >= 0.6 is 15.9 Å². The average molecular weight is 538 g/mol. The monoisotopic (exact) mass is 537 g/mol. The molecule has 0 aliphatic rings. The topological polar surface area (TPSA) is 78.2 Å². The molecule has 0 fully saturated rings. The molecule has 176 valence electrons. The molecule has 36 heavy (non-hydrogen) atoms. The molecule has 0 radical (unpaired) electrons. The minimum Gasteiger partial charge on any atom is -0.453 e. The third-order valence-electron chi connectivity index (χ3n) is 6.14. The van der Waals surface area contributed by atoms with Gasteiger partial charge >= 0.3 is 0 Å². The van der Waals surface area contributed by atoms with Crippen molar-refractivity contribution < 1.29 is 4.42 Å². The molecule has 0 saturated carbocycles. The Morgan fingerprint density at radius 3 is 2.72 bits per heavy atom. The lowest BCUT2D eigenvalue weighted by Crippen LogP contribution is -2.20. The summed E-state index contributed by atoms with van der Waals surface area (Å²) in [4.78, 5) is 22.5. The van der Waals surface area contributed by atoms with Crippen LogP contribution in [-0.2, 0) is 0 Å². The van der Waals surface area contributed by atoms with Gasteiger partial charge in [0.1, 0.15) is 5.58 Å². The van der Waals surface area contributed by atoms with Crippen LogP contribution in [0.1, 0.15) is 17.0 Å². The number of benzene rings is 2. The molecule has 0 N–H and O–H groups in total. The molecule has 6 rings (SSSR count). The zero-order valence-electron chi connectivity index (χ0n) is 19.5.